The molecule has 0 bridgehead atoms. The topological polar surface area (TPSA) is 33.1 Å². The van der Waals surface area contributed by atoms with E-state index in [4.69, 9.17) is 12.2 Å². The summed E-state index contributed by atoms with van der Waals surface area (Å²) in [4.78, 5) is 6.87. The molecule has 2 aromatic heterocycles. The molecule has 1 fully saturated rings. The Morgan fingerprint density at radius 2 is 1.83 bits per heavy atom. The standard InChI is InChI=1S/C24H28N4S/c1-16-9-10-19(14-17(16)2)28-22(18-11-13-27(15-18)24(3,4)5)21(26-23(28)29)20-8-6-7-12-25-20/h6-15,21-22H,1-5H3,(H,26,29)/t21-,22+/m1/s1. The van der Waals surface area contributed by atoms with Crippen LogP contribution >= 0.6 is 12.2 Å². The molecule has 29 heavy (non-hydrogen) atoms. The molecule has 2 atom stereocenters. The van der Waals surface area contributed by atoms with Crippen LogP contribution in [0.25, 0.3) is 0 Å². The van der Waals surface area contributed by atoms with Crippen molar-refractivity contribution < 1.29 is 0 Å². The van der Waals surface area contributed by atoms with Crippen molar-refractivity contribution in [3.05, 3.63) is 83.4 Å². The fourth-order valence-electron chi connectivity index (χ4n) is 3.85. The van der Waals surface area contributed by atoms with E-state index >= 15 is 0 Å². The van der Waals surface area contributed by atoms with E-state index in [1.54, 1.807) is 0 Å². The number of hydrogen-bond donors (Lipinski definition) is 1. The van der Waals surface area contributed by atoms with E-state index in [0.717, 1.165) is 16.5 Å². The van der Waals surface area contributed by atoms with Crippen molar-refractivity contribution in [1.29, 1.82) is 0 Å². The van der Waals surface area contributed by atoms with Crippen LogP contribution < -0.4 is 10.2 Å². The number of aromatic nitrogens is 2. The van der Waals surface area contributed by atoms with E-state index in [1.165, 1.54) is 16.7 Å². The predicted molar refractivity (Wildman–Crippen MR) is 123 cm³/mol. The average Bonchev–Trinajstić information content (AvgIpc) is 3.29. The SMILES string of the molecule is Cc1ccc(N2C(=S)N[C@H](c3ccccn3)[C@@H]2c2ccn(C(C)(C)C)c2)cc1C. The van der Waals surface area contributed by atoms with Gasteiger partial charge in [0.1, 0.15) is 0 Å². The molecule has 0 aliphatic carbocycles. The molecule has 0 spiro atoms. The van der Waals surface area contributed by atoms with Gasteiger partial charge in [-0.25, -0.2) is 0 Å². The highest BCUT2D eigenvalue weighted by Crippen LogP contribution is 2.42. The van der Waals surface area contributed by atoms with Crippen molar-refractivity contribution in [3.8, 4) is 0 Å². The van der Waals surface area contributed by atoms with Gasteiger partial charge in [-0.3, -0.25) is 4.98 Å². The number of hydrogen-bond acceptors (Lipinski definition) is 2. The maximum atomic E-state index is 5.81. The largest absolute Gasteiger partial charge is 0.351 e. The number of benzene rings is 1. The number of rotatable bonds is 3. The third kappa shape index (κ3) is 3.67. The van der Waals surface area contributed by atoms with E-state index in [0.29, 0.717) is 0 Å². The first-order chi connectivity index (χ1) is 13.8. The first-order valence-corrected chi connectivity index (χ1v) is 10.4. The smallest absolute Gasteiger partial charge is 0.174 e. The van der Waals surface area contributed by atoms with Crippen LogP contribution in [0.4, 0.5) is 5.69 Å². The lowest BCUT2D eigenvalue weighted by molar-refractivity contribution is 0.397. The normalized spacial score (nSPS) is 19.5. The maximum absolute atomic E-state index is 5.81. The van der Waals surface area contributed by atoms with Crippen LogP contribution in [0.1, 0.15) is 55.2 Å². The summed E-state index contributed by atoms with van der Waals surface area (Å²) in [6, 6.07) is 14.8. The van der Waals surface area contributed by atoms with E-state index in [2.05, 4.69) is 97.1 Å². The molecule has 1 aliphatic heterocycles. The minimum absolute atomic E-state index is 0.0128. The van der Waals surface area contributed by atoms with Crippen LogP contribution in [0.3, 0.4) is 0 Å². The molecule has 0 unspecified atom stereocenters. The summed E-state index contributed by atoms with van der Waals surface area (Å²) < 4.78 is 2.26. The number of anilines is 1. The van der Waals surface area contributed by atoms with Gasteiger partial charge in [0.05, 0.1) is 17.8 Å². The molecular weight excluding hydrogens is 376 g/mol. The lowest BCUT2D eigenvalue weighted by Crippen LogP contribution is -2.29. The molecule has 1 N–H and O–H groups in total. The van der Waals surface area contributed by atoms with Crippen molar-refractivity contribution in [1.82, 2.24) is 14.9 Å². The first-order valence-electron chi connectivity index (χ1n) is 10.0. The Balaban J connectivity index is 1.83. The van der Waals surface area contributed by atoms with E-state index < -0.39 is 0 Å². The predicted octanol–water partition coefficient (Wildman–Crippen LogP) is 5.43. The van der Waals surface area contributed by atoms with Crippen LogP contribution in [-0.4, -0.2) is 14.7 Å². The number of nitrogens with one attached hydrogen (secondary N) is 1. The van der Waals surface area contributed by atoms with Gasteiger partial charge >= 0.3 is 0 Å². The third-order valence-corrected chi connectivity index (χ3v) is 6.01. The lowest BCUT2D eigenvalue weighted by atomic mass is 9.98. The van der Waals surface area contributed by atoms with Gasteiger partial charge in [-0.05, 0) is 93.9 Å². The Bertz CT molecular complexity index is 1030. The van der Waals surface area contributed by atoms with Crippen molar-refractivity contribution in [2.45, 2.75) is 52.2 Å². The molecule has 0 saturated carbocycles. The fraction of sp³-hybridized carbons (Fsp3) is 0.333. The molecule has 4 nitrogen and oxygen atoms in total. The summed E-state index contributed by atoms with van der Waals surface area (Å²) in [6.45, 7) is 10.9. The van der Waals surface area contributed by atoms with E-state index in [-0.39, 0.29) is 17.6 Å². The zero-order chi connectivity index (χ0) is 20.8. The molecule has 1 aliphatic rings. The van der Waals surface area contributed by atoms with Gasteiger partial charge < -0.3 is 14.8 Å². The van der Waals surface area contributed by atoms with Crippen LogP contribution in [0, 0.1) is 13.8 Å². The maximum Gasteiger partial charge on any atom is 0.174 e. The summed E-state index contributed by atoms with van der Waals surface area (Å²) in [5.74, 6) is 0. The zero-order valence-corrected chi connectivity index (χ0v) is 18.5. The van der Waals surface area contributed by atoms with Gasteiger partial charge in [0.15, 0.2) is 5.11 Å². The van der Waals surface area contributed by atoms with Crippen molar-refractivity contribution in [2.75, 3.05) is 4.90 Å². The lowest BCUT2D eigenvalue weighted by Gasteiger charge is -2.28. The molecule has 3 heterocycles. The second kappa shape index (κ2) is 7.30. The van der Waals surface area contributed by atoms with Crippen molar-refractivity contribution >= 4 is 23.0 Å². The monoisotopic (exact) mass is 404 g/mol. The van der Waals surface area contributed by atoms with Crippen molar-refractivity contribution in [2.24, 2.45) is 0 Å². The fourth-order valence-corrected chi connectivity index (χ4v) is 4.20. The average molecular weight is 405 g/mol. The Labute approximate surface area is 178 Å². The Morgan fingerprint density at radius 1 is 1.03 bits per heavy atom. The van der Waals surface area contributed by atoms with Gasteiger partial charge in [-0.15, -0.1) is 0 Å². The molecule has 1 saturated heterocycles. The Hall–Kier alpha value is -2.66. The van der Waals surface area contributed by atoms with Crippen LogP contribution in [0.15, 0.2) is 61.1 Å². The molecule has 4 rings (SSSR count). The van der Waals surface area contributed by atoms with Crippen LogP contribution in [0.5, 0.6) is 0 Å². The summed E-state index contributed by atoms with van der Waals surface area (Å²) in [5.41, 5.74) is 5.89. The number of thiocarbonyl (C=S) groups is 1. The number of aryl methyl sites for hydroxylation is 2. The quantitative estimate of drug-likeness (QED) is 0.590. The molecular formula is C24H28N4S. The second-order valence-electron chi connectivity index (χ2n) is 8.79. The van der Waals surface area contributed by atoms with Crippen molar-refractivity contribution in [3.63, 3.8) is 0 Å². The van der Waals surface area contributed by atoms with Gasteiger partial charge in [0.2, 0.25) is 0 Å². The summed E-state index contributed by atoms with van der Waals surface area (Å²) in [6.07, 6.45) is 6.24. The minimum Gasteiger partial charge on any atom is -0.351 e. The summed E-state index contributed by atoms with van der Waals surface area (Å²) in [5, 5.41) is 4.27. The van der Waals surface area contributed by atoms with Gasteiger partial charge in [0.25, 0.3) is 0 Å². The zero-order valence-electron chi connectivity index (χ0n) is 17.7. The summed E-state index contributed by atoms with van der Waals surface area (Å²) >= 11 is 5.81. The molecule has 5 heteroatoms. The number of pyridine rings is 1. The van der Waals surface area contributed by atoms with Gasteiger partial charge in [-0.2, -0.15) is 0 Å². The number of nitrogens with zero attached hydrogens (tertiary/aromatic N) is 3. The third-order valence-electron chi connectivity index (χ3n) is 5.70. The van der Waals surface area contributed by atoms with E-state index in [1.807, 2.05) is 18.3 Å². The molecule has 0 radical (unpaired) electrons. The van der Waals surface area contributed by atoms with Gasteiger partial charge in [0, 0.05) is 29.8 Å². The Morgan fingerprint density at radius 3 is 2.45 bits per heavy atom. The molecule has 0 amide bonds. The minimum atomic E-state index is -0.0128. The molecule has 3 aromatic rings. The second-order valence-corrected chi connectivity index (χ2v) is 9.17. The van der Waals surface area contributed by atoms with Crippen LogP contribution in [-0.2, 0) is 5.54 Å². The van der Waals surface area contributed by atoms with E-state index in [9.17, 15) is 0 Å². The highest BCUT2D eigenvalue weighted by Gasteiger charge is 2.41. The summed E-state index contributed by atoms with van der Waals surface area (Å²) in [7, 11) is 0. The molecule has 150 valence electrons. The Kier molecular flexibility index (Phi) is 4.95. The molecule has 1 aromatic carbocycles. The van der Waals surface area contributed by atoms with Crippen LogP contribution in [0.2, 0.25) is 0 Å². The first kappa shape index (κ1) is 19.6. The van der Waals surface area contributed by atoms with Gasteiger partial charge in [-0.1, -0.05) is 12.1 Å². The highest BCUT2D eigenvalue weighted by atomic mass is 32.1. The highest BCUT2D eigenvalue weighted by molar-refractivity contribution is 7.80.